The van der Waals surface area contributed by atoms with Crippen molar-refractivity contribution in [3.8, 4) is 0 Å². The van der Waals surface area contributed by atoms with Gasteiger partial charge in [0, 0.05) is 5.75 Å². The van der Waals surface area contributed by atoms with E-state index in [0.717, 1.165) is 17.9 Å². The maximum Gasteiger partial charge on any atom is 0.404 e. The molecule has 0 saturated carbocycles. The van der Waals surface area contributed by atoms with Gasteiger partial charge >= 0.3 is 6.09 Å². The minimum Gasteiger partial charge on any atom is -0.445 e. The van der Waals surface area contributed by atoms with Crippen molar-refractivity contribution < 1.29 is 9.53 Å². The van der Waals surface area contributed by atoms with E-state index in [1.165, 1.54) is 0 Å². The van der Waals surface area contributed by atoms with Gasteiger partial charge in [-0.3, -0.25) is 0 Å². The van der Waals surface area contributed by atoms with Crippen LogP contribution in [0.1, 0.15) is 6.42 Å². The number of rotatable bonds is 1. The first-order chi connectivity index (χ1) is 4.29. The Morgan fingerprint density at radius 1 is 1.78 bits per heavy atom. The molecule has 9 heavy (non-hydrogen) atoms. The number of amides is 1. The van der Waals surface area contributed by atoms with Crippen LogP contribution in [-0.4, -0.2) is 23.7 Å². The molecule has 4 heteroatoms. The monoisotopic (exact) mass is 147 g/mol. The van der Waals surface area contributed by atoms with Crippen molar-refractivity contribution in [1.29, 1.82) is 0 Å². The largest absolute Gasteiger partial charge is 0.445 e. The van der Waals surface area contributed by atoms with E-state index in [1.807, 2.05) is 0 Å². The van der Waals surface area contributed by atoms with E-state index < -0.39 is 6.09 Å². The first-order valence-electron chi connectivity index (χ1n) is 2.83. The standard InChI is InChI=1S/C5H9NO2S/c6-5(7)8-4-1-2-9-3-4/h4H,1-3H2,(H2,6,7). The Morgan fingerprint density at radius 2 is 2.56 bits per heavy atom. The molecule has 1 heterocycles. The zero-order valence-electron chi connectivity index (χ0n) is 5.00. The van der Waals surface area contributed by atoms with Gasteiger partial charge in [0.1, 0.15) is 6.10 Å². The molecule has 1 saturated heterocycles. The molecule has 0 aromatic heterocycles. The number of carbonyl (C=O) groups excluding carboxylic acids is 1. The Hall–Kier alpha value is -0.380. The Balaban J connectivity index is 2.19. The molecule has 0 aliphatic carbocycles. The summed E-state index contributed by atoms with van der Waals surface area (Å²) in [4.78, 5) is 10.1. The van der Waals surface area contributed by atoms with Gasteiger partial charge in [0.2, 0.25) is 0 Å². The highest BCUT2D eigenvalue weighted by atomic mass is 32.2. The lowest BCUT2D eigenvalue weighted by Gasteiger charge is -2.05. The summed E-state index contributed by atoms with van der Waals surface area (Å²) in [7, 11) is 0. The number of nitrogens with two attached hydrogens (primary N) is 1. The van der Waals surface area contributed by atoms with Crippen LogP contribution in [0.5, 0.6) is 0 Å². The summed E-state index contributed by atoms with van der Waals surface area (Å²) in [6, 6.07) is 0. The molecule has 0 aromatic rings. The van der Waals surface area contributed by atoms with Crippen LogP contribution in [0.15, 0.2) is 0 Å². The van der Waals surface area contributed by atoms with Gasteiger partial charge in [0.15, 0.2) is 0 Å². The fraction of sp³-hybridized carbons (Fsp3) is 0.800. The first-order valence-corrected chi connectivity index (χ1v) is 3.98. The minimum atomic E-state index is -0.650. The number of thioether (sulfide) groups is 1. The molecule has 0 bridgehead atoms. The topological polar surface area (TPSA) is 52.3 Å². The van der Waals surface area contributed by atoms with Crippen molar-refractivity contribution >= 4 is 17.9 Å². The number of hydrogen-bond acceptors (Lipinski definition) is 3. The third kappa shape index (κ3) is 2.13. The molecule has 3 nitrogen and oxygen atoms in total. The van der Waals surface area contributed by atoms with Crippen LogP contribution < -0.4 is 5.73 Å². The minimum absolute atomic E-state index is 0.0764. The second-order valence-electron chi connectivity index (χ2n) is 1.92. The summed E-state index contributed by atoms with van der Waals surface area (Å²) < 4.78 is 4.73. The van der Waals surface area contributed by atoms with Gasteiger partial charge in [-0.1, -0.05) is 0 Å². The lowest BCUT2D eigenvalue weighted by Crippen LogP contribution is -2.21. The molecule has 0 radical (unpaired) electrons. The van der Waals surface area contributed by atoms with Gasteiger partial charge < -0.3 is 10.5 Å². The van der Waals surface area contributed by atoms with Crippen LogP contribution in [0.3, 0.4) is 0 Å². The van der Waals surface area contributed by atoms with E-state index in [4.69, 9.17) is 10.5 Å². The molecule has 1 aliphatic heterocycles. The van der Waals surface area contributed by atoms with E-state index in [9.17, 15) is 4.79 Å². The first kappa shape index (κ1) is 6.74. The van der Waals surface area contributed by atoms with E-state index in [1.54, 1.807) is 11.8 Å². The lowest BCUT2D eigenvalue weighted by molar-refractivity contribution is 0.120. The van der Waals surface area contributed by atoms with Crippen LogP contribution >= 0.6 is 11.8 Å². The zero-order chi connectivity index (χ0) is 6.69. The fourth-order valence-electron chi connectivity index (χ4n) is 0.770. The van der Waals surface area contributed by atoms with Gasteiger partial charge in [-0.15, -0.1) is 0 Å². The van der Waals surface area contributed by atoms with Crippen molar-refractivity contribution in [1.82, 2.24) is 0 Å². The highest BCUT2D eigenvalue weighted by Gasteiger charge is 2.17. The van der Waals surface area contributed by atoms with Gasteiger partial charge in [-0.05, 0) is 12.2 Å². The smallest absolute Gasteiger partial charge is 0.404 e. The fourth-order valence-corrected chi connectivity index (χ4v) is 1.86. The average molecular weight is 147 g/mol. The van der Waals surface area contributed by atoms with Crippen molar-refractivity contribution in [3.05, 3.63) is 0 Å². The summed E-state index contributed by atoms with van der Waals surface area (Å²) in [6.07, 6.45) is 0.378. The van der Waals surface area contributed by atoms with E-state index in [0.29, 0.717) is 0 Å². The van der Waals surface area contributed by atoms with Crippen molar-refractivity contribution in [3.63, 3.8) is 0 Å². The SMILES string of the molecule is NC(=O)OC1CCSC1. The summed E-state index contributed by atoms with van der Waals surface area (Å²) in [5.74, 6) is 1.99. The summed E-state index contributed by atoms with van der Waals surface area (Å²) in [5, 5.41) is 0. The van der Waals surface area contributed by atoms with Gasteiger partial charge in [-0.25, -0.2) is 4.79 Å². The molecule has 1 unspecified atom stereocenters. The second kappa shape index (κ2) is 2.96. The molecule has 1 atom stereocenters. The maximum absolute atomic E-state index is 10.1. The average Bonchev–Trinajstić information content (AvgIpc) is 2.15. The van der Waals surface area contributed by atoms with Crippen LogP contribution in [-0.2, 0) is 4.74 Å². The maximum atomic E-state index is 10.1. The van der Waals surface area contributed by atoms with Crippen molar-refractivity contribution in [2.24, 2.45) is 5.73 Å². The predicted molar refractivity (Wildman–Crippen MR) is 36.4 cm³/mol. The Morgan fingerprint density at radius 3 is 3.00 bits per heavy atom. The summed E-state index contributed by atoms with van der Waals surface area (Å²) in [6.45, 7) is 0. The number of hydrogen-bond donors (Lipinski definition) is 1. The molecule has 0 spiro atoms. The quantitative estimate of drug-likeness (QED) is 0.590. The Bertz CT molecular complexity index is 112. The molecule has 52 valence electrons. The zero-order valence-corrected chi connectivity index (χ0v) is 5.82. The molecule has 1 rings (SSSR count). The molecule has 1 aliphatic rings. The van der Waals surface area contributed by atoms with Gasteiger partial charge in [0.05, 0.1) is 0 Å². The van der Waals surface area contributed by atoms with E-state index >= 15 is 0 Å². The lowest BCUT2D eigenvalue weighted by atomic mass is 10.3. The van der Waals surface area contributed by atoms with Crippen molar-refractivity contribution in [2.75, 3.05) is 11.5 Å². The van der Waals surface area contributed by atoms with Crippen LogP contribution in [0.25, 0.3) is 0 Å². The highest BCUT2D eigenvalue weighted by Crippen LogP contribution is 2.19. The predicted octanol–water partition coefficient (Wildman–Crippen LogP) is 0.587. The molecule has 1 fully saturated rings. The molecule has 1 amide bonds. The second-order valence-corrected chi connectivity index (χ2v) is 3.07. The molecular weight excluding hydrogens is 138 g/mol. The summed E-state index contributed by atoms with van der Waals surface area (Å²) in [5.41, 5.74) is 4.80. The van der Waals surface area contributed by atoms with Crippen molar-refractivity contribution in [2.45, 2.75) is 12.5 Å². The van der Waals surface area contributed by atoms with Crippen LogP contribution in [0.2, 0.25) is 0 Å². The molecule has 2 N–H and O–H groups in total. The van der Waals surface area contributed by atoms with Crippen LogP contribution in [0, 0.1) is 0 Å². The normalized spacial score (nSPS) is 26.0. The Kier molecular flexibility index (Phi) is 2.22. The molecule has 0 aromatic carbocycles. The van der Waals surface area contributed by atoms with Gasteiger partial charge in [0.25, 0.3) is 0 Å². The van der Waals surface area contributed by atoms with E-state index in [2.05, 4.69) is 0 Å². The third-order valence-electron chi connectivity index (χ3n) is 1.17. The number of primary amides is 1. The highest BCUT2D eigenvalue weighted by molar-refractivity contribution is 7.99. The van der Waals surface area contributed by atoms with Gasteiger partial charge in [-0.2, -0.15) is 11.8 Å². The summed E-state index contributed by atoms with van der Waals surface area (Å²) >= 11 is 1.79. The van der Waals surface area contributed by atoms with Crippen LogP contribution in [0.4, 0.5) is 4.79 Å². The third-order valence-corrected chi connectivity index (χ3v) is 2.30. The Labute approximate surface area is 57.9 Å². The van der Waals surface area contributed by atoms with E-state index in [-0.39, 0.29) is 6.10 Å². The number of carbonyl (C=O) groups is 1. The molecular formula is C5H9NO2S. The number of ether oxygens (including phenoxy) is 1.